The van der Waals surface area contributed by atoms with E-state index in [1.807, 2.05) is 32.0 Å². The van der Waals surface area contributed by atoms with Crippen molar-refractivity contribution in [3.63, 3.8) is 0 Å². The molecule has 0 unspecified atom stereocenters. The van der Waals surface area contributed by atoms with Crippen molar-refractivity contribution in [1.82, 2.24) is 9.88 Å². The number of sulfonamides is 1. The van der Waals surface area contributed by atoms with Crippen molar-refractivity contribution in [3.8, 4) is 0 Å². The van der Waals surface area contributed by atoms with Crippen molar-refractivity contribution in [2.45, 2.75) is 37.6 Å². The van der Waals surface area contributed by atoms with Crippen molar-refractivity contribution in [1.29, 1.82) is 0 Å². The van der Waals surface area contributed by atoms with Gasteiger partial charge in [0, 0.05) is 49.0 Å². The Labute approximate surface area is 238 Å². The summed E-state index contributed by atoms with van der Waals surface area (Å²) >= 11 is 7.41. The quantitative estimate of drug-likeness (QED) is 0.435. The van der Waals surface area contributed by atoms with E-state index in [0.717, 1.165) is 30.6 Å². The maximum atomic E-state index is 13.8. The van der Waals surface area contributed by atoms with Crippen molar-refractivity contribution >= 4 is 61.3 Å². The zero-order valence-corrected chi connectivity index (χ0v) is 24.1. The van der Waals surface area contributed by atoms with Gasteiger partial charge in [0.25, 0.3) is 10.0 Å². The summed E-state index contributed by atoms with van der Waals surface area (Å²) in [6.45, 7) is 5.51. The second kappa shape index (κ2) is 11.1. The first kappa shape index (κ1) is 27.4. The number of benzene rings is 2. The number of amides is 2. The molecule has 1 N–H and O–H groups in total. The first-order valence-electron chi connectivity index (χ1n) is 12.8. The van der Waals surface area contributed by atoms with Crippen LogP contribution >= 0.6 is 22.9 Å². The second-order valence-electron chi connectivity index (χ2n) is 10.0. The maximum absolute atomic E-state index is 13.8. The fourth-order valence-electron chi connectivity index (χ4n) is 5.24. The Hall–Kier alpha value is -3.15. The lowest BCUT2D eigenvalue weighted by molar-refractivity contribution is -0.138. The number of halogens is 1. The van der Waals surface area contributed by atoms with E-state index in [0.29, 0.717) is 23.8 Å². The number of nitrogens with one attached hydrogen (secondary N) is 1. The Morgan fingerprint density at radius 1 is 1.13 bits per heavy atom. The van der Waals surface area contributed by atoms with Crippen LogP contribution in [0.2, 0.25) is 5.02 Å². The number of aromatic nitrogens is 1. The van der Waals surface area contributed by atoms with Crippen LogP contribution in [-0.4, -0.2) is 62.3 Å². The van der Waals surface area contributed by atoms with Gasteiger partial charge in [-0.1, -0.05) is 25.4 Å². The molecule has 2 aliphatic heterocycles. The summed E-state index contributed by atoms with van der Waals surface area (Å²) in [5.74, 6) is -0.227. The van der Waals surface area contributed by atoms with E-state index in [4.69, 9.17) is 11.6 Å². The Kier molecular flexibility index (Phi) is 7.84. The molecule has 0 spiro atoms. The third-order valence-electron chi connectivity index (χ3n) is 7.06. The summed E-state index contributed by atoms with van der Waals surface area (Å²) in [5.41, 5.74) is 2.75. The van der Waals surface area contributed by atoms with E-state index in [2.05, 4.69) is 14.6 Å². The molecule has 2 aromatic carbocycles. The average molecular weight is 590 g/mol. The molecule has 0 aliphatic carbocycles. The normalized spacial score (nSPS) is 16.8. The number of hydrogen-bond donors (Lipinski definition) is 1. The smallest absolute Gasteiger partial charge is 0.263 e. The van der Waals surface area contributed by atoms with Crippen LogP contribution in [0.1, 0.15) is 27.3 Å². The summed E-state index contributed by atoms with van der Waals surface area (Å²) < 4.78 is 27.7. The van der Waals surface area contributed by atoms with Gasteiger partial charge in [-0.25, -0.2) is 13.4 Å². The number of aryl methyl sites for hydroxylation is 1. The summed E-state index contributed by atoms with van der Waals surface area (Å²) in [4.78, 5) is 36.4. The van der Waals surface area contributed by atoms with Crippen LogP contribution in [0.25, 0.3) is 0 Å². The molecule has 3 heterocycles. The Bertz CT molecular complexity index is 1470. The van der Waals surface area contributed by atoms with Crippen LogP contribution < -0.4 is 14.5 Å². The topological polar surface area (TPSA) is 103 Å². The van der Waals surface area contributed by atoms with Gasteiger partial charge >= 0.3 is 0 Å². The summed E-state index contributed by atoms with van der Waals surface area (Å²) in [6, 6.07) is 11.6. The van der Waals surface area contributed by atoms with Gasteiger partial charge in [0.15, 0.2) is 5.13 Å². The number of piperazine rings is 1. The van der Waals surface area contributed by atoms with Gasteiger partial charge in [-0.15, -0.1) is 11.3 Å². The van der Waals surface area contributed by atoms with Gasteiger partial charge in [-0.3, -0.25) is 14.3 Å². The lowest BCUT2D eigenvalue weighted by Crippen LogP contribution is -2.59. The monoisotopic (exact) mass is 589 g/mol. The Balaban J connectivity index is 0.00000370. The zero-order chi connectivity index (χ0) is 27.7. The lowest BCUT2D eigenvalue weighted by Gasteiger charge is -2.43. The highest BCUT2D eigenvalue weighted by Crippen LogP contribution is 2.33. The van der Waals surface area contributed by atoms with Crippen LogP contribution in [0.4, 0.5) is 16.5 Å². The molecule has 39 heavy (non-hydrogen) atoms. The fraction of sp³-hybridized carbons (Fsp3) is 0.370. The summed E-state index contributed by atoms with van der Waals surface area (Å²) in [5, 5.41) is 2.65. The van der Waals surface area contributed by atoms with Gasteiger partial charge in [0.05, 0.1) is 4.90 Å². The molecule has 1 fully saturated rings. The fourth-order valence-corrected chi connectivity index (χ4v) is 7.22. The number of rotatable bonds is 7. The minimum atomic E-state index is -3.79. The number of anilines is 3. The largest absolute Gasteiger partial charge is 0.359 e. The van der Waals surface area contributed by atoms with Crippen molar-refractivity contribution < 1.29 is 19.4 Å². The second-order valence-corrected chi connectivity index (χ2v) is 13.0. The molecule has 9 nitrogen and oxygen atoms in total. The molecule has 5 rings (SSSR count). The molecule has 2 aliphatic rings. The first-order valence-corrected chi connectivity index (χ1v) is 15.5. The van der Waals surface area contributed by atoms with Gasteiger partial charge in [-0.2, -0.15) is 0 Å². The number of nitrogens with zero attached hydrogens (tertiary/aromatic N) is 4. The predicted molar refractivity (Wildman–Crippen MR) is 156 cm³/mol. The van der Waals surface area contributed by atoms with E-state index >= 15 is 0 Å². The van der Waals surface area contributed by atoms with Gasteiger partial charge < -0.3 is 14.7 Å². The molecule has 1 aromatic heterocycles. The first-order chi connectivity index (χ1) is 18.6. The molecule has 12 heteroatoms. The molecule has 1 saturated heterocycles. The van der Waals surface area contributed by atoms with E-state index in [9.17, 15) is 18.0 Å². The van der Waals surface area contributed by atoms with Gasteiger partial charge in [-0.05, 0) is 66.8 Å². The van der Waals surface area contributed by atoms with Crippen LogP contribution in [0.5, 0.6) is 0 Å². The number of fused-ring (bicyclic) bond motifs is 1. The number of hydrogen-bond acceptors (Lipinski definition) is 7. The van der Waals surface area contributed by atoms with Crippen LogP contribution in [-0.2, 0) is 26.0 Å². The highest BCUT2D eigenvalue weighted by atomic mass is 35.5. The molecule has 0 bridgehead atoms. The zero-order valence-electron chi connectivity index (χ0n) is 21.7. The molecular weight excluding hydrogens is 558 g/mol. The number of thiazole rings is 1. The third kappa shape index (κ3) is 5.75. The minimum absolute atomic E-state index is 0. The number of carbonyl (C=O) groups excluding carboxylic acids is 2. The Morgan fingerprint density at radius 2 is 1.90 bits per heavy atom. The van der Waals surface area contributed by atoms with E-state index in [1.165, 1.54) is 29.7 Å². The molecule has 1 atom stereocenters. The van der Waals surface area contributed by atoms with Crippen LogP contribution in [0.15, 0.2) is 58.9 Å². The molecule has 2 amide bonds. The minimum Gasteiger partial charge on any atom is -0.359 e. The SMILES string of the molecule is CC(C)[C@@H](C(=O)N1CCN(c2ccc(S(=O)(=O)Nc3nccs3)cc2)C(=O)C1)N1CCCc2cc(Cl)ccc21.[HH]. The van der Waals surface area contributed by atoms with Crippen molar-refractivity contribution in [2.75, 3.05) is 40.7 Å². The molecular formula is C27H32ClN5O4S2. The van der Waals surface area contributed by atoms with E-state index in [1.54, 1.807) is 27.3 Å². The van der Waals surface area contributed by atoms with Crippen molar-refractivity contribution in [2.24, 2.45) is 5.92 Å². The third-order valence-corrected chi connectivity index (χ3v) is 9.47. The molecule has 0 saturated carbocycles. The number of carbonyl (C=O) groups is 2. The maximum Gasteiger partial charge on any atom is 0.263 e. The Morgan fingerprint density at radius 3 is 2.56 bits per heavy atom. The van der Waals surface area contributed by atoms with E-state index in [-0.39, 0.29) is 41.8 Å². The highest BCUT2D eigenvalue weighted by Gasteiger charge is 2.37. The van der Waals surface area contributed by atoms with Crippen LogP contribution in [0.3, 0.4) is 0 Å². The van der Waals surface area contributed by atoms with Crippen LogP contribution in [0, 0.1) is 5.92 Å². The van der Waals surface area contributed by atoms with Gasteiger partial charge in [0.1, 0.15) is 12.6 Å². The molecule has 0 radical (unpaired) electrons. The van der Waals surface area contributed by atoms with E-state index < -0.39 is 10.0 Å². The molecule has 208 valence electrons. The highest BCUT2D eigenvalue weighted by molar-refractivity contribution is 7.93. The summed E-state index contributed by atoms with van der Waals surface area (Å²) in [6.07, 6.45) is 3.37. The predicted octanol–water partition coefficient (Wildman–Crippen LogP) is 4.50. The standard InChI is InChI=1S/C27H30ClN5O4S2.H2/c1-18(2)25(33-12-3-4-19-16-20(28)5-10-23(19)33)26(35)31-13-14-32(24(34)17-31)21-6-8-22(9-7-21)39(36,37)30-27-29-11-15-38-27;/h5-11,15-16,18,25H,3-4,12-14,17H2,1-2H3,(H,29,30);1H/t25-;/m0./s1. The molecule has 3 aromatic rings. The average Bonchev–Trinajstić information content (AvgIpc) is 3.41. The van der Waals surface area contributed by atoms with Crippen molar-refractivity contribution in [3.05, 3.63) is 64.6 Å². The lowest BCUT2D eigenvalue weighted by atomic mass is 9.94. The van der Waals surface area contributed by atoms with Gasteiger partial charge in [0.2, 0.25) is 11.8 Å². The summed E-state index contributed by atoms with van der Waals surface area (Å²) in [7, 11) is -3.79.